The zero-order chi connectivity index (χ0) is 21.9. The largest absolute Gasteiger partial charge is 0.336 e. The van der Waals surface area contributed by atoms with Crippen LogP contribution in [0.4, 0.5) is 5.69 Å². The molecule has 0 bridgehead atoms. The van der Waals surface area contributed by atoms with Crippen LogP contribution in [0.15, 0.2) is 83.1 Å². The van der Waals surface area contributed by atoms with Gasteiger partial charge in [-0.3, -0.25) is 9.78 Å². The van der Waals surface area contributed by atoms with Crippen molar-refractivity contribution >= 4 is 21.4 Å². The number of hydrogen-bond donors (Lipinski definition) is 0. The molecule has 2 aliphatic rings. The van der Waals surface area contributed by atoms with Gasteiger partial charge in [-0.2, -0.15) is 0 Å². The van der Waals surface area contributed by atoms with Crippen molar-refractivity contribution in [2.75, 3.05) is 24.7 Å². The van der Waals surface area contributed by atoms with Crippen molar-refractivity contribution in [2.45, 2.75) is 22.6 Å². The smallest absolute Gasteiger partial charge is 0.292 e. The van der Waals surface area contributed by atoms with Gasteiger partial charge in [-0.15, -0.1) is 0 Å². The van der Waals surface area contributed by atoms with Crippen LogP contribution in [0.1, 0.15) is 12.5 Å². The summed E-state index contributed by atoms with van der Waals surface area (Å²) in [5.41, 5.74) is 1.03. The highest BCUT2D eigenvalue weighted by Gasteiger charge is 2.56. The van der Waals surface area contributed by atoms with E-state index < -0.39 is 15.6 Å². The standard InChI is InChI=1S/C17H16N2O5S.C5H5N/c1-2-19-14-7-6-12(25(21,22)15-5-3-4-8-18-15)11-13(14)17(16(19)20)23-9-10-24-17;1-2-4-6-5-3-1/h3-8,11H,2,9-10H2,1H3;1-5H. The molecule has 0 N–H and O–H groups in total. The average molecular weight is 439 g/mol. The molecule has 8 nitrogen and oxygen atoms in total. The van der Waals surface area contributed by atoms with E-state index in [2.05, 4.69) is 9.97 Å². The number of aromatic nitrogens is 2. The molecule has 4 heterocycles. The second-order valence-electron chi connectivity index (χ2n) is 6.74. The number of amides is 1. The van der Waals surface area contributed by atoms with Gasteiger partial charge in [0, 0.05) is 30.7 Å². The molecule has 0 saturated carbocycles. The summed E-state index contributed by atoms with van der Waals surface area (Å²) >= 11 is 0. The SMILES string of the molecule is CCN1C(=O)C2(OCCO2)c2cc(S(=O)(=O)c3ccccn3)ccc21.c1ccncc1. The Hall–Kier alpha value is -3.14. The molecule has 160 valence electrons. The van der Waals surface area contributed by atoms with Gasteiger partial charge in [-0.05, 0) is 49.4 Å². The number of carbonyl (C=O) groups is 1. The summed E-state index contributed by atoms with van der Waals surface area (Å²) in [5.74, 6) is -1.86. The molecule has 0 atom stereocenters. The van der Waals surface area contributed by atoms with Crippen LogP contribution in [-0.4, -0.2) is 44.1 Å². The van der Waals surface area contributed by atoms with Crippen LogP contribution in [0, 0.1) is 0 Å². The number of anilines is 1. The minimum Gasteiger partial charge on any atom is -0.336 e. The molecule has 2 aliphatic heterocycles. The number of likely N-dealkylation sites (N-methyl/N-ethyl adjacent to an activating group) is 1. The van der Waals surface area contributed by atoms with Gasteiger partial charge < -0.3 is 14.4 Å². The lowest BCUT2D eigenvalue weighted by atomic mass is 10.1. The molecule has 1 amide bonds. The highest BCUT2D eigenvalue weighted by Crippen LogP contribution is 2.46. The first-order valence-corrected chi connectivity index (χ1v) is 11.2. The lowest BCUT2D eigenvalue weighted by molar-refractivity contribution is -0.180. The molecule has 0 radical (unpaired) electrons. The quantitative estimate of drug-likeness (QED) is 0.618. The van der Waals surface area contributed by atoms with Crippen molar-refractivity contribution in [3.63, 3.8) is 0 Å². The van der Waals surface area contributed by atoms with Gasteiger partial charge in [0.05, 0.1) is 23.8 Å². The van der Waals surface area contributed by atoms with Gasteiger partial charge >= 0.3 is 0 Å². The van der Waals surface area contributed by atoms with Crippen molar-refractivity contribution in [2.24, 2.45) is 0 Å². The van der Waals surface area contributed by atoms with E-state index in [9.17, 15) is 13.2 Å². The van der Waals surface area contributed by atoms with E-state index in [0.29, 0.717) is 17.8 Å². The predicted octanol–water partition coefficient (Wildman–Crippen LogP) is 2.56. The summed E-state index contributed by atoms with van der Waals surface area (Å²) in [6.07, 6.45) is 4.92. The molecule has 1 spiro atoms. The summed E-state index contributed by atoms with van der Waals surface area (Å²) in [7, 11) is -3.80. The Labute approximate surface area is 180 Å². The number of sulfone groups is 1. The Balaban J connectivity index is 0.000000334. The molecule has 1 saturated heterocycles. The number of ether oxygens (including phenoxy) is 2. The molecule has 0 unspecified atom stereocenters. The number of hydrogen-bond acceptors (Lipinski definition) is 7. The molecule has 0 aliphatic carbocycles. The Kier molecular flexibility index (Phi) is 5.81. The summed E-state index contributed by atoms with van der Waals surface area (Å²) in [6.45, 7) is 2.83. The minimum atomic E-state index is -3.80. The van der Waals surface area contributed by atoms with E-state index in [1.165, 1.54) is 29.3 Å². The van der Waals surface area contributed by atoms with Crippen LogP contribution in [0.25, 0.3) is 0 Å². The first kappa shape index (κ1) is 21.1. The Morgan fingerprint density at radius 1 is 1.00 bits per heavy atom. The first-order chi connectivity index (χ1) is 15.0. The second-order valence-corrected chi connectivity index (χ2v) is 8.63. The van der Waals surface area contributed by atoms with E-state index >= 15 is 0 Å². The van der Waals surface area contributed by atoms with Gasteiger partial charge in [-0.1, -0.05) is 12.1 Å². The summed E-state index contributed by atoms with van der Waals surface area (Å²) in [5, 5.41) is -0.0473. The predicted molar refractivity (Wildman–Crippen MR) is 112 cm³/mol. The van der Waals surface area contributed by atoms with Crippen molar-refractivity contribution in [3.8, 4) is 0 Å². The maximum Gasteiger partial charge on any atom is 0.292 e. The normalized spacial score (nSPS) is 16.7. The molecule has 2 aromatic heterocycles. The number of fused-ring (bicyclic) bond motifs is 2. The monoisotopic (exact) mass is 439 g/mol. The Bertz CT molecular complexity index is 1140. The molecule has 1 aromatic carbocycles. The van der Waals surface area contributed by atoms with Crippen molar-refractivity contribution in [3.05, 3.63) is 78.8 Å². The number of rotatable bonds is 3. The molecule has 3 aromatic rings. The van der Waals surface area contributed by atoms with Crippen LogP contribution in [0.2, 0.25) is 0 Å². The van der Waals surface area contributed by atoms with E-state index in [-0.39, 0.29) is 29.0 Å². The third kappa shape index (κ3) is 3.71. The topological polar surface area (TPSA) is 98.7 Å². The van der Waals surface area contributed by atoms with Crippen LogP contribution in [0.5, 0.6) is 0 Å². The molecule has 9 heteroatoms. The summed E-state index contributed by atoms with van der Waals surface area (Å²) in [6, 6.07) is 15.0. The van der Waals surface area contributed by atoms with Gasteiger partial charge in [0.25, 0.3) is 11.7 Å². The fourth-order valence-electron chi connectivity index (χ4n) is 3.53. The van der Waals surface area contributed by atoms with Gasteiger partial charge in [0.1, 0.15) is 0 Å². The summed E-state index contributed by atoms with van der Waals surface area (Å²) in [4.78, 5) is 22.1. The fraction of sp³-hybridized carbons (Fsp3) is 0.227. The molecular weight excluding hydrogens is 418 g/mol. The van der Waals surface area contributed by atoms with E-state index in [1.54, 1.807) is 30.6 Å². The minimum absolute atomic E-state index is 0.0473. The molecule has 5 rings (SSSR count). The highest BCUT2D eigenvalue weighted by atomic mass is 32.2. The van der Waals surface area contributed by atoms with Crippen LogP contribution >= 0.6 is 0 Å². The maximum atomic E-state index is 12.8. The van der Waals surface area contributed by atoms with Crippen LogP contribution in [0.3, 0.4) is 0 Å². The van der Waals surface area contributed by atoms with Crippen molar-refractivity contribution < 1.29 is 22.7 Å². The number of benzene rings is 1. The molecule has 31 heavy (non-hydrogen) atoms. The van der Waals surface area contributed by atoms with E-state index in [0.717, 1.165) is 0 Å². The van der Waals surface area contributed by atoms with Crippen LogP contribution in [-0.2, 0) is 29.9 Å². The van der Waals surface area contributed by atoms with Gasteiger partial charge in [-0.25, -0.2) is 13.4 Å². The molecule has 1 fully saturated rings. The van der Waals surface area contributed by atoms with Gasteiger partial charge in [0.2, 0.25) is 9.84 Å². The average Bonchev–Trinajstić information content (AvgIpc) is 3.40. The fourth-order valence-corrected chi connectivity index (χ4v) is 4.75. The third-order valence-corrected chi connectivity index (χ3v) is 6.61. The van der Waals surface area contributed by atoms with Crippen molar-refractivity contribution in [1.29, 1.82) is 0 Å². The zero-order valence-electron chi connectivity index (χ0n) is 16.8. The van der Waals surface area contributed by atoms with E-state index in [4.69, 9.17) is 9.47 Å². The van der Waals surface area contributed by atoms with Crippen molar-refractivity contribution in [1.82, 2.24) is 9.97 Å². The number of carbonyl (C=O) groups excluding carboxylic acids is 1. The lowest BCUT2D eigenvalue weighted by Gasteiger charge is -2.21. The number of pyridine rings is 2. The lowest BCUT2D eigenvalue weighted by Crippen LogP contribution is -2.41. The zero-order valence-corrected chi connectivity index (χ0v) is 17.7. The first-order valence-electron chi connectivity index (χ1n) is 9.76. The van der Waals surface area contributed by atoms with Crippen LogP contribution < -0.4 is 4.90 Å². The summed E-state index contributed by atoms with van der Waals surface area (Å²) < 4.78 is 36.9. The maximum absolute atomic E-state index is 12.8. The Morgan fingerprint density at radius 2 is 1.71 bits per heavy atom. The Morgan fingerprint density at radius 3 is 2.26 bits per heavy atom. The van der Waals surface area contributed by atoms with Gasteiger partial charge in [0.15, 0.2) is 5.03 Å². The molecular formula is C22H21N3O5S. The third-order valence-electron chi connectivity index (χ3n) is 4.94. The second kappa shape index (κ2) is 8.54. The van der Waals surface area contributed by atoms with E-state index in [1.807, 2.05) is 25.1 Å². The highest BCUT2D eigenvalue weighted by molar-refractivity contribution is 7.91. The number of nitrogens with zero attached hydrogens (tertiary/aromatic N) is 3.